The predicted molar refractivity (Wildman–Crippen MR) is 71.4 cm³/mol. The van der Waals surface area contributed by atoms with Gasteiger partial charge < -0.3 is 0 Å². The van der Waals surface area contributed by atoms with Crippen molar-refractivity contribution in [2.45, 2.75) is 26.6 Å². The molecule has 0 saturated carbocycles. The summed E-state index contributed by atoms with van der Waals surface area (Å²) in [5, 5.41) is 0. The Bertz CT molecular complexity index is 407. The van der Waals surface area contributed by atoms with E-state index in [1.807, 2.05) is 6.92 Å². The number of benzene rings is 1. The highest BCUT2D eigenvalue weighted by Gasteiger charge is 2.07. The van der Waals surface area contributed by atoms with Gasteiger partial charge in [-0.3, -0.25) is 0 Å². The van der Waals surface area contributed by atoms with Crippen LogP contribution in [-0.4, -0.2) is 8.07 Å². The molecule has 0 amide bonds. The Morgan fingerprint density at radius 2 is 1.67 bits per heavy atom. The molecular formula is C14H18Si. The van der Waals surface area contributed by atoms with E-state index in [0.717, 1.165) is 11.1 Å². The third-order valence-electron chi connectivity index (χ3n) is 1.96. The topological polar surface area (TPSA) is 0 Å². The zero-order chi connectivity index (χ0) is 11.5. The van der Waals surface area contributed by atoms with Gasteiger partial charge in [-0.1, -0.05) is 49.8 Å². The van der Waals surface area contributed by atoms with Gasteiger partial charge in [0.25, 0.3) is 0 Å². The monoisotopic (exact) mass is 214 g/mol. The van der Waals surface area contributed by atoms with Gasteiger partial charge in [0.1, 0.15) is 8.07 Å². The molecule has 1 aromatic rings. The van der Waals surface area contributed by atoms with E-state index in [4.69, 9.17) is 0 Å². The first-order valence-corrected chi connectivity index (χ1v) is 8.67. The molecule has 0 spiro atoms. The molecule has 0 aliphatic carbocycles. The van der Waals surface area contributed by atoms with Crippen molar-refractivity contribution in [3.05, 3.63) is 42.0 Å². The predicted octanol–water partition coefficient (Wildman–Crippen LogP) is 3.95. The molecule has 0 N–H and O–H groups in total. The summed E-state index contributed by atoms with van der Waals surface area (Å²) in [6.07, 6.45) is 0. The molecule has 0 aliphatic rings. The molecule has 15 heavy (non-hydrogen) atoms. The van der Waals surface area contributed by atoms with Crippen molar-refractivity contribution in [1.29, 1.82) is 0 Å². The zero-order valence-corrected chi connectivity index (χ0v) is 11.0. The van der Waals surface area contributed by atoms with Gasteiger partial charge in [0, 0.05) is 5.56 Å². The Morgan fingerprint density at radius 3 is 2.07 bits per heavy atom. The Morgan fingerprint density at radius 1 is 1.13 bits per heavy atom. The molecule has 0 bridgehead atoms. The molecule has 1 rings (SSSR count). The van der Waals surface area contributed by atoms with Crippen LogP contribution in [0.25, 0.3) is 5.57 Å². The standard InChI is InChI=1S/C14H18Si/c1-12(2)14-8-6-13(7-9-14)10-11-15(3,4)5/h6-9H,1H2,2-5H3. The molecule has 1 aromatic carbocycles. The molecule has 1 heteroatoms. The fourth-order valence-electron chi connectivity index (χ4n) is 1.10. The largest absolute Gasteiger partial charge is 0.129 e. The SMILES string of the molecule is C=C(C)c1ccc(C#C[Si](C)(C)C)cc1. The van der Waals surface area contributed by atoms with Gasteiger partial charge >= 0.3 is 0 Å². The molecule has 0 atom stereocenters. The van der Waals surface area contributed by atoms with Crippen molar-refractivity contribution < 1.29 is 0 Å². The van der Waals surface area contributed by atoms with Crippen LogP contribution in [0.2, 0.25) is 19.6 Å². The van der Waals surface area contributed by atoms with E-state index in [2.05, 4.69) is 61.9 Å². The van der Waals surface area contributed by atoms with Crippen LogP contribution < -0.4 is 0 Å². The Hall–Kier alpha value is -1.26. The third kappa shape index (κ3) is 4.18. The maximum atomic E-state index is 3.91. The van der Waals surface area contributed by atoms with E-state index in [1.165, 1.54) is 5.56 Å². The smallest absolute Gasteiger partial charge is 0.127 e. The molecule has 0 nitrogen and oxygen atoms in total. The number of hydrogen-bond donors (Lipinski definition) is 0. The lowest BCUT2D eigenvalue weighted by atomic mass is 10.1. The molecule has 0 radical (unpaired) electrons. The lowest BCUT2D eigenvalue weighted by molar-refractivity contribution is 1.55. The third-order valence-corrected chi connectivity index (χ3v) is 2.83. The quantitative estimate of drug-likeness (QED) is 0.490. The fraction of sp³-hybridized carbons (Fsp3) is 0.286. The van der Waals surface area contributed by atoms with E-state index in [9.17, 15) is 0 Å². The van der Waals surface area contributed by atoms with Crippen LogP contribution in [-0.2, 0) is 0 Å². The van der Waals surface area contributed by atoms with E-state index < -0.39 is 8.07 Å². The second-order valence-corrected chi connectivity index (χ2v) is 9.61. The second-order valence-electron chi connectivity index (χ2n) is 4.86. The van der Waals surface area contributed by atoms with Crippen LogP contribution in [0, 0.1) is 11.5 Å². The van der Waals surface area contributed by atoms with E-state index >= 15 is 0 Å². The minimum absolute atomic E-state index is 1.10. The Kier molecular flexibility index (Phi) is 3.55. The summed E-state index contributed by atoms with van der Waals surface area (Å²) in [5.41, 5.74) is 6.74. The normalized spacial score (nSPS) is 10.4. The first-order chi connectivity index (χ1) is 6.88. The van der Waals surface area contributed by atoms with Crippen LogP contribution in [0.5, 0.6) is 0 Å². The molecule has 0 aromatic heterocycles. The van der Waals surface area contributed by atoms with Crippen molar-refractivity contribution in [2.75, 3.05) is 0 Å². The Labute approximate surface area is 94.0 Å². The average molecular weight is 214 g/mol. The highest BCUT2D eigenvalue weighted by molar-refractivity contribution is 6.83. The fourth-order valence-corrected chi connectivity index (χ4v) is 1.62. The minimum Gasteiger partial charge on any atom is -0.127 e. The van der Waals surface area contributed by atoms with Crippen molar-refractivity contribution in [2.24, 2.45) is 0 Å². The number of allylic oxidation sites excluding steroid dienone is 1. The maximum absolute atomic E-state index is 3.91. The highest BCUT2D eigenvalue weighted by atomic mass is 28.3. The van der Waals surface area contributed by atoms with Crippen molar-refractivity contribution in [3.8, 4) is 11.5 Å². The van der Waals surface area contributed by atoms with E-state index in [1.54, 1.807) is 0 Å². The molecular weight excluding hydrogens is 196 g/mol. The van der Waals surface area contributed by atoms with Gasteiger partial charge in [0.2, 0.25) is 0 Å². The van der Waals surface area contributed by atoms with Gasteiger partial charge in [-0.05, 0) is 24.6 Å². The van der Waals surface area contributed by atoms with Crippen molar-refractivity contribution >= 4 is 13.6 Å². The van der Waals surface area contributed by atoms with Gasteiger partial charge in [0.15, 0.2) is 0 Å². The van der Waals surface area contributed by atoms with E-state index in [0.29, 0.717) is 0 Å². The van der Waals surface area contributed by atoms with Crippen molar-refractivity contribution in [3.63, 3.8) is 0 Å². The summed E-state index contributed by atoms with van der Waals surface area (Å²) in [6.45, 7) is 12.7. The van der Waals surface area contributed by atoms with Gasteiger partial charge in [-0.2, -0.15) is 0 Å². The second kappa shape index (κ2) is 4.50. The molecule has 0 saturated heterocycles. The minimum atomic E-state index is -1.25. The number of hydrogen-bond acceptors (Lipinski definition) is 0. The zero-order valence-electron chi connectivity index (χ0n) is 10.0. The Balaban J connectivity index is 2.89. The van der Waals surface area contributed by atoms with Crippen LogP contribution in [0.3, 0.4) is 0 Å². The lowest BCUT2D eigenvalue weighted by Crippen LogP contribution is -2.16. The van der Waals surface area contributed by atoms with Crippen LogP contribution in [0.4, 0.5) is 0 Å². The van der Waals surface area contributed by atoms with Crippen LogP contribution >= 0.6 is 0 Å². The molecule has 0 unspecified atom stereocenters. The molecule has 0 fully saturated rings. The van der Waals surface area contributed by atoms with Gasteiger partial charge in [0.05, 0.1) is 0 Å². The van der Waals surface area contributed by atoms with Crippen LogP contribution in [0.1, 0.15) is 18.1 Å². The molecule has 78 valence electrons. The summed E-state index contributed by atoms with van der Waals surface area (Å²) >= 11 is 0. The summed E-state index contributed by atoms with van der Waals surface area (Å²) in [5.74, 6) is 3.23. The first kappa shape index (κ1) is 11.8. The first-order valence-electron chi connectivity index (χ1n) is 5.17. The van der Waals surface area contributed by atoms with E-state index in [-0.39, 0.29) is 0 Å². The highest BCUT2D eigenvalue weighted by Crippen LogP contribution is 2.11. The molecule has 0 heterocycles. The van der Waals surface area contributed by atoms with Gasteiger partial charge in [-0.25, -0.2) is 0 Å². The number of rotatable bonds is 1. The average Bonchev–Trinajstić information content (AvgIpc) is 2.14. The summed E-state index contributed by atoms with van der Waals surface area (Å²) in [4.78, 5) is 0. The van der Waals surface area contributed by atoms with Crippen molar-refractivity contribution in [1.82, 2.24) is 0 Å². The summed E-state index contributed by atoms with van der Waals surface area (Å²) < 4.78 is 0. The summed E-state index contributed by atoms with van der Waals surface area (Å²) in [7, 11) is -1.25. The lowest BCUT2D eigenvalue weighted by Gasteiger charge is -2.03. The van der Waals surface area contributed by atoms with Crippen LogP contribution in [0.15, 0.2) is 30.8 Å². The molecule has 0 aliphatic heterocycles. The maximum Gasteiger partial charge on any atom is 0.129 e. The summed E-state index contributed by atoms with van der Waals surface area (Å²) in [6, 6.07) is 8.29. The van der Waals surface area contributed by atoms with Gasteiger partial charge in [-0.15, -0.1) is 5.54 Å².